The Labute approximate surface area is 172 Å². The quantitative estimate of drug-likeness (QED) is 0.203. The normalized spacial score (nSPS) is 14.6. The van der Waals surface area contributed by atoms with Crippen molar-refractivity contribution in [3.05, 3.63) is 29.8 Å². The van der Waals surface area contributed by atoms with Crippen molar-refractivity contribution in [1.29, 1.82) is 0 Å². The van der Waals surface area contributed by atoms with Gasteiger partial charge in [0.15, 0.2) is 0 Å². The van der Waals surface area contributed by atoms with Crippen molar-refractivity contribution in [2.24, 2.45) is 5.92 Å². The second kappa shape index (κ2) is 15.1. The first-order valence-electron chi connectivity index (χ1n) is 11.2. The van der Waals surface area contributed by atoms with Gasteiger partial charge in [0.1, 0.15) is 5.75 Å². The van der Waals surface area contributed by atoms with E-state index in [1.54, 1.807) is 12.1 Å². The van der Waals surface area contributed by atoms with E-state index in [1.807, 2.05) is 12.1 Å². The van der Waals surface area contributed by atoms with Crippen LogP contribution in [0.1, 0.15) is 97.0 Å². The lowest BCUT2D eigenvalue weighted by atomic mass is 10.0. The van der Waals surface area contributed by atoms with Crippen molar-refractivity contribution < 1.29 is 18.5 Å². The Morgan fingerprint density at radius 3 is 2.11 bits per heavy atom. The summed E-state index contributed by atoms with van der Waals surface area (Å²) < 4.78 is 22.3. The fraction of sp³-hybridized carbons (Fsp3) is 0.739. The molecular weight excluding hydrogens is 371 g/mol. The van der Waals surface area contributed by atoms with Crippen LogP contribution in [0.25, 0.3) is 0 Å². The second-order valence-electron chi connectivity index (χ2n) is 7.77. The summed E-state index contributed by atoms with van der Waals surface area (Å²) in [6.45, 7) is 6.63. The largest absolute Gasteiger partial charge is 0.746 e. The molecule has 0 aromatic heterocycles. The molecule has 0 fully saturated rings. The number of phosphoric acid groups is 1. The molecule has 162 valence electrons. The third-order valence-electron chi connectivity index (χ3n) is 5.22. The van der Waals surface area contributed by atoms with E-state index in [0.29, 0.717) is 5.75 Å². The Morgan fingerprint density at radius 2 is 1.50 bits per heavy atom. The SMILES string of the molecule is CCCCCCCCCc1ccc(OP(=O)([O-])OCC(CC)CCCC)cc1. The van der Waals surface area contributed by atoms with Gasteiger partial charge in [0.25, 0.3) is 0 Å². The van der Waals surface area contributed by atoms with Gasteiger partial charge in [0.05, 0.1) is 6.61 Å². The molecule has 0 amide bonds. The van der Waals surface area contributed by atoms with Crippen molar-refractivity contribution in [2.75, 3.05) is 6.61 Å². The van der Waals surface area contributed by atoms with Gasteiger partial charge in [-0.15, -0.1) is 0 Å². The van der Waals surface area contributed by atoms with Crippen LogP contribution in [0.3, 0.4) is 0 Å². The van der Waals surface area contributed by atoms with Gasteiger partial charge in [-0.25, -0.2) is 0 Å². The molecule has 0 aliphatic heterocycles. The molecular formula is C23H40O4P-. The highest BCUT2D eigenvalue weighted by molar-refractivity contribution is 7.46. The van der Waals surface area contributed by atoms with Crippen LogP contribution < -0.4 is 9.42 Å². The number of hydrogen-bond donors (Lipinski definition) is 0. The van der Waals surface area contributed by atoms with E-state index in [9.17, 15) is 9.46 Å². The highest BCUT2D eigenvalue weighted by atomic mass is 31.2. The predicted octanol–water partition coefficient (Wildman–Crippen LogP) is 7.06. The molecule has 0 heterocycles. The van der Waals surface area contributed by atoms with E-state index in [-0.39, 0.29) is 12.5 Å². The first-order chi connectivity index (χ1) is 13.5. The van der Waals surface area contributed by atoms with Gasteiger partial charge in [-0.2, -0.15) is 0 Å². The van der Waals surface area contributed by atoms with Crippen molar-refractivity contribution >= 4 is 7.82 Å². The molecule has 5 heteroatoms. The standard InChI is InChI=1S/C23H41O4P/c1-4-7-9-10-11-12-13-15-22-16-18-23(19-17-22)27-28(24,25)26-20-21(6-3)14-8-5-2/h16-19,21H,4-15,20H2,1-3H3,(H,24,25)/p-1. The number of phosphoric ester groups is 1. The van der Waals surface area contributed by atoms with Crippen LogP contribution in [0, 0.1) is 5.92 Å². The second-order valence-corrected chi connectivity index (χ2v) is 9.10. The maximum Gasteiger partial charge on any atom is 0.319 e. The van der Waals surface area contributed by atoms with Crippen molar-refractivity contribution in [3.8, 4) is 5.75 Å². The van der Waals surface area contributed by atoms with Gasteiger partial charge in [-0.3, -0.25) is 4.57 Å². The summed E-state index contributed by atoms with van der Waals surface area (Å²) in [6, 6.07) is 7.34. The molecule has 28 heavy (non-hydrogen) atoms. The fourth-order valence-corrected chi connectivity index (χ4v) is 4.08. The summed E-state index contributed by atoms with van der Waals surface area (Å²) in [7, 11) is -4.32. The number of benzene rings is 1. The third kappa shape index (κ3) is 11.9. The first kappa shape index (κ1) is 25.2. The third-order valence-corrected chi connectivity index (χ3v) is 6.12. The molecule has 4 nitrogen and oxygen atoms in total. The monoisotopic (exact) mass is 411 g/mol. The minimum atomic E-state index is -4.32. The molecule has 1 aromatic rings. The molecule has 1 aromatic carbocycles. The topological polar surface area (TPSA) is 58.6 Å². The average Bonchev–Trinajstić information content (AvgIpc) is 2.68. The van der Waals surface area contributed by atoms with Crippen LogP contribution in [-0.2, 0) is 15.5 Å². The van der Waals surface area contributed by atoms with E-state index in [0.717, 1.165) is 32.1 Å². The summed E-state index contributed by atoms with van der Waals surface area (Å²) in [5.41, 5.74) is 1.22. The van der Waals surface area contributed by atoms with Gasteiger partial charge in [-0.05, 0) is 42.9 Å². The van der Waals surface area contributed by atoms with Crippen LogP contribution in [-0.4, -0.2) is 6.61 Å². The molecule has 0 saturated heterocycles. The zero-order chi connectivity index (χ0) is 20.7. The summed E-state index contributed by atoms with van der Waals surface area (Å²) in [4.78, 5) is 12.1. The summed E-state index contributed by atoms with van der Waals surface area (Å²) in [5, 5.41) is 0. The molecule has 0 spiro atoms. The molecule has 0 radical (unpaired) electrons. The fourth-order valence-electron chi connectivity index (χ4n) is 3.25. The van der Waals surface area contributed by atoms with Gasteiger partial charge in [-0.1, -0.05) is 90.7 Å². The zero-order valence-corrected chi connectivity index (χ0v) is 19.1. The van der Waals surface area contributed by atoms with Gasteiger partial charge >= 0.3 is 7.82 Å². The lowest BCUT2D eigenvalue weighted by Crippen LogP contribution is -2.15. The summed E-state index contributed by atoms with van der Waals surface area (Å²) in [5.74, 6) is 0.582. The lowest BCUT2D eigenvalue weighted by molar-refractivity contribution is -0.218. The Kier molecular flexibility index (Phi) is 13.6. The number of rotatable bonds is 17. The Hall–Kier alpha value is -0.830. The van der Waals surface area contributed by atoms with Crippen LogP contribution in [0.15, 0.2) is 24.3 Å². The minimum absolute atomic E-state index is 0.202. The van der Waals surface area contributed by atoms with Crippen LogP contribution in [0.5, 0.6) is 5.75 Å². The molecule has 0 bridgehead atoms. The summed E-state index contributed by atoms with van der Waals surface area (Å²) >= 11 is 0. The lowest BCUT2D eigenvalue weighted by Gasteiger charge is -2.25. The summed E-state index contributed by atoms with van der Waals surface area (Å²) in [6.07, 6.45) is 14.1. The molecule has 0 saturated carbocycles. The van der Waals surface area contributed by atoms with E-state index >= 15 is 0 Å². The highest BCUT2D eigenvalue weighted by Gasteiger charge is 2.15. The van der Waals surface area contributed by atoms with E-state index in [2.05, 4.69) is 20.8 Å². The Bertz CT molecular complexity index is 544. The van der Waals surface area contributed by atoms with E-state index < -0.39 is 7.82 Å². The number of hydrogen-bond acceptors (Lipinski definition) is 4. The van der Waals surface area contributed by atoms with E-state index in [1.165, 1.54) is 50.5 Å². The molecule has 2 atom stereocenters. The minimum Gasteiger partial charge on any atom is -0.746 e. The zero-order valence-electron chi connectivity index (χ0n) is 18.2. The molecule has 1 rings (SSSR count). The van der Waals surface area contributed by atoms with Gasteiger partial charge < -0.3 is 13.9 Å². The maximum absolute atomic E-state index is 12.1. The van der Waals surface area contributed by atoms with Crippen LogP contribution in [0.4, 0.5) is 0 Å². The molecule has 0 N–H and O–H groups in total. The number of unbranched alkanes of at least 4 members (excludes halogenated alkanes) is 7. The maximum atomic E-state index is 12.1. The van der Waals surface area contributed by atoms with Gasteiger partial charge in [0.2, 0.25) is 0 Å². The first-order valence-corrected chi connectivity index (χ1v) is 12.7. The molecule has 0 aliphatic carbocycles. The average molecular weight is 412 g/mol. The number of aryl methyl sites for hydroxylation is 1. The molecule has 2 unspecified atom stereocenters. The van der Waals surface area contributed by atoms with Crippen molar-refractivity contribution in [1.82, 2.24) is 0 Å². The van der Waals surface area contributed by atoms with Crippen LogP contribution >= 0.6 is 7.82 Å². The Balaban J connectivity index is 2.32. The smallest absolute Gasteiger partial charge is 0.319 e. The predicted molar refractivity (Wildman–Crippen MR) is 116 cm³/mol. The van der Waals surface area contributed by atoms with Gasteiger partial charge in [0, 0.05) is 0 Å². The van der Waals surface area contributed by atoms with E-state index in [4.69, 9.17) is 9.05 Å². The van der Waals surface area contributed by atoms with Crippen molar-refractivity contribution in [2.45, 2.75) is 97.8 Å². The van der Waals surface area contributed by atoms with Crippen molar-refractivity contribution in [3.63, 3.8) is 0 Å². The Morgan fingerprint density at radius 1 is 0.893 bits per heavy atom. The van der Waals surface area contributed by atoms with Crippen LogP contribution in [0.2, 0.25) is 0 Å². The molecule has 0 aliphatic rings. The highest BCUT2D eigenvalue weighted by Crippen LogP contribution is 2.40.